The number of rotatable bonds is 5. The lowest BCUT2D eigenvalue weighted by molar-refractivity contribution is 0.104. The molecular weight excluding hydrogens is 312 g/mol. The van der Waals surface area contributed by atoms with Crippen LogP contribution in [0.4, 0.5) is 0 Å². The molecule has 2 heterocycles. The number of carbonyl (C=O) groups excluding carboxylic acids is 1. The second kappa shape index (κ2) is 7.01. The van der Waals surface area contributed by atoms with Gasteiger partial charge in [0.25, 0.3) is 5.56 Å². The highest BCUT2D eigenvalue weighted by atomic mass is 16.1. The van der Waals surface area contributed by atoms with Crippen molar-refractivity contribution in [1.29, 1.82) is 0 Å². The van der Waals surface area contributed by atoms with Crippen molar-refractivity contribution in [2.75, 3.05) is 0 Å². The molecule has 0 aliphatic heterocycles. The van der Waals surface area contributed by atoms with Gasteiger partial charge in [0.2, 0.25) is 0 Å². The molecular formula is C21H18N2O2. The summed E-state index contributed by atoms with van der Waals surface area (Å²) in [6, 6.07) is 9.16. The van der Waals surface area contributed by atoms with Crippen LogP contribution in [0.5, 0.6) is 0 Å². The molecule has 2 aromatic heterocycles. The lowest BCUT2D eigenvalue weighted by atomic mass is 9.97. The van der Waals surface area contributed by atoms with Gasteiger partial charge in [-0.05, 0) is 30.2 Å². The first kappa shape index (κ1) is 16.5. The summed E-state index contributed by atoms with van der Waals surface area (Å²) in [6.45, 7) is 5.67. The fourth-order valence-corrected chi connectivity index (χ4v) is 2.81. The molecule has 0 unspecified atom stereocenters. The number of aromatic amines is 2. The van der Waals surface area contributed by atoms with Crippen LogP contribution in [-0.2, 0) is 0 Å². The number of aromatic nitrogens is 2. The topological polar surface area (TPSA) is 65.7 Å². The number of ketones is 1. The molecule has 4 nitrogen and oxygen atoms in total. The van der Waals surface area contributed by atoms with E-state index < -0.39 is 0 Å². The van der Waals surface area contributed by atoms with Crippen LogP contribution in [0.3, 0.4) is 0 Å². The number of hydrogen-bond acceptors (Lipinski definition) is 2. The Morgan fingerprint density at radius 2 is 1.96 bits per heavy atom. The van der Waals surface area contributed by atoms with Crippen LogP contribution in [0.2, 0.25) is 0 Å². The molecule has 4 heteroatoms. The van der Waals surface area contributed by atoms with Gasteiger partial charge < -0.3 is 9.97 Å². The summed E-state index contributed by atoms with van der Waals surface area (Å²) in [4.78, 5) is 30.2. The van der Waals surface area contributed by atoms with E-state index in [4.69, 9.17) is 0 Å². The number of nitrogens with one attached hydrogen (secondary N) is 2. The van der Waals surface area contributed by atoms with Gasteiger partial charge in [-0.25, -0.2) is 0 Å². The van der Waals surface area contributed by atoms with Crippen molar-refractivity contribution in [1.82, 2.24) is 9.97 Å². The normalized spacial score (nSPS) is 12.0. The second-order valence-electron chi connectivity index (χ2n) is 5.57. The summed E-state index contributed by atoms with van der Waals surface area (Å²) in [5, 5.41) is 0.620. The van der Waals surface area contributed by atoms with Crippen molar-refractivity contribution < 1.29 is 4.79 Å². The number of benzene rings is 1. The van der Waals surface area contributed by atoms with Crippen LogP contribution in [-0.4, -0.2) is 15.8 Å². The average Bonchev–Trinajstić information content (AvgIpc) is 3.06. The van der Waals surface area contributed by atoms with E-state index >= 15 is 0 Å². The number of fused-ring (bicyclic) bond motifs is 1. The molecule has 0 spiro atoms. The van der Waals surface area contributed by atoms with Crippen LogP contribution >= 0.6 is 0 Å². The quantitative estimate of drug-likeness (QED) is 0.543. The highest BCUT2D eigenvalue weighted by Gasteiger charge is 2.16. The van der Waals surface area contributed by atoms with Crippen molar-refractivity contribution in [3.05, 3.63) is 101 Å². The lowest BCUT2D eigenvalue weighted by Gasteiger charge is -2.05. The fourth-order valence-electron chi connectivity index (χ4n) is 2.81. The van der Waals surface area contributed by atoms with E-state index in [9.17, 15) is 9.59 Å². The largest absolute Gasteiger partial charge is 0.356 e. The van der Waals surface area contributed by atoms with Gasteiger partial charge in [0.05, 0.1) is 0 Å². The Hall–Kier alpha value is -3.40. The molecule has 0 saturated heterocycles. The van der Waals surface area contributed by atoms with Gasteiger partial charge in [-0.3, -0.25) is 9.59 Å². The van der Waals surface area contributed by atoms with Crippen molar-refractivity contribution in [3.8, 4) is 0 Å². The zero-order chi connectivity index (χ0) is 17.8. The Bertz CT molecular complexity index is 1060. The molecule has 124 valence electrons. The van der Waals surface area contributed by atoms with Crippen molar-refractivity contribution >= 4 is 22.3 Å². The summed E-state index contributed by atoms with van der Waals surface area (Å²) < 4.78 is 0. The van der Waals surface area contributed by atoms with Crippen molar-refractivity contribution in [2.24, 2.45) is 0 Å². The molecule has 0 bridgehead atoms. The molecule has 0 fully saturated rings. The van der Waals surface area contributed by atoms with Gasteiger partial charge in [-0.1, -0.05) is 49.1 Å². The maximum Gasteiger partial charge on any atom is 0.272 e. The van der Waals surface area contributed by atoms with E-state index in [2.05, 4.69) is 16.5 Å². The van der Waals surface area contributed by atoms with Gasteiger partial charge in [-0.15, -0.1) is 0 Å². The van der Waals surface area contributed by atoms with E-state index in [-0.39, 0.29) is 11.3 Å². The summed E-state index contributed by atoms with van der Waals surface area (Å²) in [7, 11) is 0. The number of carbonyl (C=O) groups is 1. The van der Waals surface area contributed by atoms with E-state index in [1.807, 2.05) is 43.4 Å². The minimum Gasteiger partial charge on any atom is -0.356 e. The predicted octanol–water partition coefficient (Wildman–Crippen LogP) is 4.23. The molecule has 25 heavy (non-hydrogen) atoms. The van der Waals surface area contributed by atoms with Crippen LogP contribution < -0.4 is 5.56 Å². The Morgan fingerprint density at radius 1 is 1.16 bits per heavy atom. The monoisotopic (exact) mass is 330 g/mol. The SMILES string of the molecule is C=C/C=C(\C=C/C)c1cccc(C(=O)c2c[nH]c3c(=O)[nH]ccc23)c1. The molecule has 3 rings (SSSR count). The standard InChI is InChI=1S/C21H18N2O2/c1-3-6-14(7-4-2)15-8-5-9-16(12-15)20(24)18-13-23-19-17(18)10-11-22-21(19)25/h3-13,23H,1H2,2H3,(H,22,25)/b7-4-,14-6+. The van der Waals surface area contributed by atoms with Crippen molar-refractivity contribution in [2.45, 2.75) is 6.92 Å². The molecule has 0 aliphatic carbocycles. The summed E-state index contributed by atoms with van der Waals surface area (Å²) in [5.74, 6) is -0.128. The van der Waals surface area contributed by atoms with Crippen molar-refractivity contribution in [3.63, 3.8) is 0 Å². The van der Waals surface area contributed by atoms with Gasteiger partial charge in [-0.2, -0.15) is 0 Å². The first-order valence-corrected chi connectivity index (χ1v) is 7.95. The van der Waals surface area contributed by atoms with Gasteiger partial charge >= 0.3 is 0 Å². The van der Waals surface area contributed by atoms with E-state index in [0.29, 0.717) is 22.0 Å². The number of H-pyrrole nitrogens is 2. The molecule has 0 atom stereocenters. The van der Waals surface area contributed by atoms with Gasteiger partial charge in [0, 0.05) is 28.9 Å². The Kier molecular flexibility index (Phi) is 4.61. The van der Waals surface area contributed by atoms with Crippen LogP contribution in [0.25, 0.3) is 16.5 Å². The van der Waals surface area contributed by atoms with E-state index in [0.717, 1.165) is 11.1 Å². The predicted molar refractivity (Wildman–Crippen MR) is 102 cm³/mol. The maximum atomic E-state index is 12.9. The Balaban J connectivity index is 2.07. The third-order valence-electron chi connectivity index (χ3n) is 3.96. The molecule has 1 aromatic carbocycles. The molecule has 2 N–H and O–H groups in total. The van der Waals surface area contributed by atoms with Crippen LogP contribution in [0, 0.1) is 0 Å². The minimum atomic E-state index is -0.241. The number of allylic oxidation sites excluding steroid dienone is 5. The number of pyridine rings is 1. The Morgan fingerprint density at radius 3 is 2.72 bits per heavy atom. The average molecular weight is 330 g/mol. The zero-order valence-electron chi connectivity index (χ0n) is 13.9. The third-order valence-corrected chi connectivity index (χ3v) is 3.96. The van der Waals surface area contributed by atoms with Gasteiger partial charge in [0.15, 0.2) is 5.78 Å². The van der Waals surface area contributed by atoms with Crippen LogP contribution in [0.1, 0.15) is 28.4 Å². The molecule has 0 radical (unpaired) electrons. The summed E-state index contributed by atoms with van der Waals surface area (Å²) in [5.41, 5.74) is 3.12. The summed E-state index contributed by atoms with van der Waals surface area (Å²) in [6.07, 6.45) is 10.7. The molecule has 0 aliphatic rings. The fraction of sp³-hybridized carbons (Fsp3) is 0.0476. The number of hydrogen-bond donors (Lipinski definition) is 2. The molecule has 3 aromatic rings. The molecule has 0 saturated carbocycles. The minimum absolute atomic E-state index is 0.128. The smallest absolute Gasteiger partial charge is 0.272 e. The van der Waals surface area contributed by atoms with Gasteiger partial charge in [0.1, 0.15) is 5.52 Å². The second-order valence-corrected chi connectivity index (χ2v) is 5.57. The first-order valence-electron chi connectivity index (χ1n) is 7.95. The zero-order valence-corrected chi connectivity index (χ0v) is 13.9. The highest BCUT2D eigenvalue weighted by molar-refractivity contribution is 6.16. The maximum absolute atomic E-state index is 12.9. The Labute approximate surface area is 145 Å². The van der Waals surface area contributed by atoms with E-state index in [1.54, 1.807) is 30.6 Å². The summed E-state index contributed by atoms with van der Waals surface area (Å²) >= 11 is 0. The van der Waals surface area contributed by atoms with E-state index in [1.165, 1.54) is 0 Å². The molecule has 0 amide bonds. The highest BCUT2D eigenvalue weighted by Crippen LogP contribution is 2.22. The first-order chi connectivity index (χ1) is 12.2. The third kappa shape index (κ3) is 3.15. The lowest BCUT2D eigenvalue weighted by Crippen LogP contribution is -2.05. The van der Waals surface area contributed by atoms with Crippen LogP contribution in [0.15, 0.2) is 78.4 Å².